The predicted octanol–water partition coefficient (Wildman–Crippen LogP) is 2.28. The van der Waals surface area contributed by atoms with Crippen molar-refractivity contribution < 1.29 is 14.0 Å². The largest absolute Gasteiger partial charge is 0.368 e. The fraction of sp³-hybridized carbons (Fsp3) is 0.368. The number of nitrogens with one attached hydrogen (secondary N) is 1. The van der Waals surface area contributed by atoms with Crippen molar-refractivity contribution in [3.8, 4) is 0 Å². The number of hydrogen-bond donors (Lipinski definition) is 1. The Labute approximate surface area is 156 Å². The number of benzene rings is 1. The SMILES string of the molecule is O=C(CCc1cccs1)NCC(=O)N1CCN(c2ccc(F)cc2)CC1. The summed E-state index contributed by atoms with van der Waals surface area (Å²) >= 11 is 1.63. The van der Waals surface area contributed by atoms with Gasteiger partial charge in [0.05, 0.1) is 6.54 Å². The van der Waals surface area contributed by atoms with Gasteiger partial charge in [0.1, 0.15) is 5.82 Å². The van der Waals surface area contributed by atoms with Crippen molar-refractivity contribution in [1.29, 1.82) is 0 Å². The van der Waals surface area contributed by atoms with Gasteiger partial charge in [-0.25, -0.2) is 4.39 Å². The standard InChI is InChI=1S/C19H22FN3O2S/c20-15-3-5-16(6-4-15)22-9-11-23(12-10-22)19(25)14-21-18(24)8-7-17-2-1-13-26-17/h1-6,13H,7-12,14H2,(H,21,24). The number of halogens is 1. The lowest BCUT2D eigenvalue weighted by molar-refractivity contribution is -0.133. The van der Waals surface area contributed by atoms with Crippen molar-refractivity contribution in [2.45, 2.75) is 12.8 Å². The molecule has 1 N–H and O–H groups in total. The van der Waals surface area contributed by atoms with Crippen molar-refractivity contribution in [3.05, 3.63) is 52.5 Å². The van der Waals surface area contributed by atoms with Crippen molar-refractivity contribution >= 4 is 28.8 Å². The van der Waals surface area contributed by atoms with E-state index in [0.717, 1.165) is 5.69 Å². The first-order valence-corrected chi connectivity index (χ1v) is 9.57. The highest BCUT2D eigenvalue weighted by Gasteiger charge is 2.21. The zero-order valence-corrected chi connectivity index (χ0v) is 15.3. The highest BCUT2D eigenvalue weighted by molar-refractivity contribution is 7.09. The topological polar surface area (TPSA) is 52.7 Å². The molecule has 1 aromatic heterocycles. The van der Waals surface area contributed by atoms with E-state index in [1.54, 1.807) is 28.4 Å². The minimum Gasteiger partial charge on any atom is -0.368 e. The van der Waals surface area contributed by atoms with Gasteiger partial charge in [-0.05, 0) is 42.1 Å². The number of thiophene rings is 1. The summed E-state index contributed by atoms with van der Waals surface area (Å²) in [5.74, 6) is -0.415. The summed E-state index contributed by atoms with van der Waals surface area (Å²) in [5.41, 5.74) is 0.959. The third kappa shape index (κ3) is 5.05. The number of anilines is 1. The predicted molar refractivity (Wildman–Crippen MR) is 101 cm³/mol. The molecule has 0 atom stereocenters. The zero-order valence-electron chi connectivity index (χ0n) is 14.5. The zero-order chi connectivity index (χ0) is 18.4. The van der Waals surface area contributed by atoms with Crippen molar-refractivity contribution in [1.82, 2.24) is 10.2 Å². The maximum absolute atomic E-state index is 13.0. The van der Waals surface area contributed by atoms with Gasteiger partial charge < -0.3 is 15.1 Å². The summed E-state index contributed by atoms with van der Waals surface area (Å²) in [4.78, 5) is 29.2. The van der Waals surface area contributed by atoms with Crippen LogP contribution in [0.25, 0.3) is 0 Å². The van der Waals surface area contributed by atoms with E-state index in [-0.39, 0.29) is 24.2 Å². The Kier molecular flexibility index (Phi) is 6.22. The number of amides is 2. The van der Waals surface area contributed by atoms with Gasteiger partial charge in [-0.1, -0.05) is 6.07 Å². The summed E-state index contributed by atoms with van der Waals surface area (Å²) in [6.45, 7) is 2.63. The summed E-state index contributed by atoms with van der Waals surface area (Å²) in [6.07, 6.45) is 1.10. The van der Waals surface area contributed by atoms with Gasteiger partial charge >= 0.3 is 0 Å². The van der Waals surface area contributed by atoms with Gasteiger partial charge in [-0.2, -0.15) is 0 Å². The van der Waals surface area contributed by atoms with E-state index in [2.05, 4.69) is 10.2 Å². The van der Waals surface area contributed by atoms with Crippen LogP contribution in [-0.4, -0.2) is 49.4 Å². The number of nitrogens with zero attached hydrogens (tertiary/aromatic N) is 2. The maximum Gasteiger partial charge on any atom is 0.242 e. The fourth-order valence-electron chi connectivity index (χ4n) is 2.93. The summed E-state index contributed by atoms with van der Waals surface area (Å²) in [7, 11) is 0. The van der Waals surface area contributed by atoms with Crippen LogP contribution in [0.4, 0.5) is 10.1 Å². The van der Waals surface area contributed by atoms with Crippen LogP contribution in [0.3, 0.4) is 0 Å². The molecule has 1 fully saturated rings. The second kappa shape index (κ2) is 8.80. The van der Waals surface area contributed by atoms with Crippen LogP contribution in [-0.2, 0) is 16.0 Å². The van der Waals surface area contributed by atoms with Crippen LogP contribution in [0.15, 0.2) is 41.8 Å². The van der Waals surface area contributed by atoms with Gasteiger partial charge in [-0.15, -0.1) is 11.3 Å². The van der Waals surface area contributed by atoms with E-state index >= 15 is 0 Å². The first-order valence-electron chi connectivity index (χ1n) is 8.69. The molecule has 138 valence electrons. The number of rotatable bonds is 6. The van der Waals surface area contributed by atoms with Crippen LogP contribution in [0, 0.1) is 5.82 Å². The maximum atomic E-state index is 13.0. The Bertz CT molecular complexity index is 726. The molecule has 2 aromatic rings. The average molecular weight is 375 g/mol. The number of carbonyl (C=O) groups is 2. The third-order valence-electron chi connectivity index (χ3n) is 4.44. The Morgan fingerprint density at radius 2 is 1.81 bits per heavy atom. The quantitative estimate of drug-likeness (QED) is 0.843. The van der Waals surface area contributed by atoms with E-state index in [1.165, 1.54) is 17.0 Å². The molecule has 0 spiro atoms. The molecule has 0 radical (unpaired) electrons. The lowest BCUT2D eigenvalue weighted by Gasteiger charge is -2.36. The molecule has 1 saturated heterocycles. The van der Waals surface area contributed by atoms with Crippen molar-refractivity contribution in [2.75, 3.05) is 37.6 Å². The molecule has 0 bridgehead atoms. The molecular formula is C19H22FN3O2S. The second-order valence-corrected chi connectivity index (χ2v) is 7.23. The monoisotopic (exact) mass is 375 g/mol. The lowest BCUT2D eigenvalue weighted by Crippen LogP contribution is -2.51. The molecule has 1 aliphatic heterocycles. The highest BCUT2D eigenvalue weighted by Crippen LogP contribution is 2.17. The minimum atomic E-state index is -0.252. The molecular weight excluding hydrogens is 353 g/mol. The second-order valence-electron chi connectivity index (χ2n) is 6.20. The lowest BCUT2D eigenvalue weighted by atomic mass is 10.2. The van der Waals surface area contributed by atoms with Gasteiger partial charge in [0.15, 0.2) is 0 Å². The van der Waals surface area contributed by atoms with Gasteiger partial charge in [-0.3, -0.25) is 9.59 Å². The number of carbonyl (C=O) groups excluding carboxylic acids is 2. The molecule has 1 aliphatic rings. The Morgan fingerprint density at radius 3 is 2.46 bits per heavy atom. The van der Waals surface area contributed by atoms with Crippen molar-refractivity contribution in [2.24, 2.45) is 0 Å². The van der Waals surface area contributed by atoms with Gasteiger partial charge in [0.2, 0.25) is 11.8 Å². The van der Waals surface area contributed by atoms with Gasteiger partial charge in [0.25, 0.3) is 0 Å². The molecule has 5 nitrogen and oxygen atoms in total. The van der Waals surface area contributed by atoms with Crippen LogP contribution < -0.4 is 10.2 Å². The molecule has 0 unspecified atom stereocenters. The molecule has 2 heterocycles. The summed E-state index contributed by atoms with van der Waals surface area (Å²) in [5, 5.41) is 4.70. The van der Waals surface area contributed by atoms with Crippen molar-refractivity contribution in [3.63, 3.8) is 0 Å². The molecule has 1 aromatic carbocycles. The normalized spacial score (nSPS) is 14.3. The van der Waals surface area contributed by atoms with E-state index in [4.69, 9.17) is 0 Å². The van der Waals surface area contributed by atoms with Crippen LogP contribution in [0.5, 0.6) is 0 Å². The van der Waals surface area contributed by atoms with Gasteiger partial charge in [0, 0.05) is 43.2 Å². The van der Waals surface area contributed by atoms with E-state index < -0.39 is 0 Å². The molecule has 26 heavy (non-hydrogen) atoms. The Balaban J connectivity index is 1.38. The summed E-state index contributed by atoms with van der Waals surface area (Å²) in [6, 6.07) is 10.4. The van der Waals surface area contributed by atoms with E-state index in [0.29, 0.717) is 39.0 Å². The molecule has 3 rings (SSSR count). The van der Waals surface area contributed by atoms with Crippen LogP contribution in [0.2, 0.25) is 0 Å². The Morgan fingerprint density at radius 1 is 1.08 bits per heavy atom. The van der Waals surface area contributed by atoms with E-state index in [9.17, 15) is 14.0 Å². The Hall–Kier alpha value is -2.41. The molecule has 2 amide bonds. The number of aryl methyl sites for hydroxylation is 1. The number of piperazine rings is 1. The smallest absolute Gasteiger partial charge is 0.242 e. The average Bonchev–Trinajstić information content (AvgIpc) is 3.19. The number of hydrogen-bond acceptors (Lipinski definition) is 4. The molecule has 0 aliphatic carbocycles. The van der Waals surface area contributed by atoms with Crippen LogP contribution in [0.1, 0.15) is 11.3 Å². The first-order chi connectivity index (χ1) is 12.6. The summed E-state index contributed by atoms with van der Waals surface area (Å²) < 4.78 is 13.0. The van der Waals surface area contributed by atoms with Crippen LogP contribution >= 0.6 is 11.3 Å². The minimum absolute atomic E-state index is 0.0415. The third-order valence-corrected chi connectivity index (χ3v) is 5.38. The fourth-order valence-corrected chi connectivity index (χ4v) is 3.64. The van der Waals surface area contributed by atoms with E-state index in [1.807, 2.05) is 17.5 Å². The molecule has 7 heteroatoms. The first kappa shape index (κ1) is 18.4. The highest BCUT2D eigenvalue weighted by atomic mass is 32.1. The molecule has 0 saturated carbocycles.